The average molecular weight is 151 g/mol. The molecule has 0 spiro atoms. The van der Waals surface area contributed by atoms with Crippen molar-refractivity contribution in [2.75, 3.05) is 6.61 Å². The van der Waals surface area contributed by atoms with Gasteiger partial charge in [0.05, 0.1) is 6.26 Å². The van der Waals surface area contributed by atoms with E-state index in [-0.39, 0.29) is 0 Å². The SMILES string of the molecule is C[CH]C(CC)C1=CCOC=C1. The molecule has 0 aromatic heterocycles. The highest BCUT2D eigenvalue weighted by molar-refractivity contribution is 5.24. The van der Waals surface area contributed by atoms with Gasteiger partial charge in [0.25, 0.3) is 0 Å². The maximum atomic E-state index is 5.07. The summed E-state index contributed by atoms with van der Waals surface area (Å²) in [7, 11) is 0. The summed E-state index contributed by atoms with van der Waals surface area (Å²) in [5.74, 6) is 0.607. The molecule has 1 heterocycles. The van der Waals surface area contributed by atoms with Crippen molar-refractivity contribution in [3.63, 3.8) is 0 Å². The van der Waals surface area contributed by atoms with E-state index in [1.165, 1.54) is 12.0 Å². The molecule has 0 aliphatic carbocycles. The molecule has 1 aliphatic rings. The van der Waals surface area contributed by atoms with Crippen molar-refractivity contribution in [2.24, 2.45) is 5.92 Å². The van der Waals surface area contributed by atoms with E-state index in [9.17, 15) is 0 Å². The third-order valence-corrected chi connectivity index (χ3v) is 2.04. The lowest BCUT2D eigenvalue weighted by molar-refractivity contribution is 0.282. The summed E-state index contributed by atoms with van der Waals surface area (Å²) in [5.41, 5.74) is 1.39. The second-order valence-electron chi connectivity index (χ2n) is 2.69. The monoisotopic (exact) mass is 151 g/mol. The predicted molar refractivity (Wildman–Crippen MR) is 46.9 cm³/mol. The van der Waals surface area contributed by atoms with Gasteiger partial charge in [-0.15, -0.1) is 0 Å². The van der Waals surface area contributed by atoms with Gasteiger partial charge in [0.2, 0.25) is 0 Å². The lowest BCUT2D eigenvalue weighted by atomic mass is 9.93. The quantitative estimate of drug-likeness (QED) is 0.602. The van der Waals surface area contributed by atoms with Crippen molar-refractivity contribution in [2.45, 2.75) is 20.3 Å². The first-order valence-electron chi connectivity index (χ1n) is 4.16. The molecule has 1 aliphatic heterocycles. The fourth-order valence-electron chi connectivity index (χ4n) is 1.33. The molecule has 0 amide bonds. The maximum Gasteiger partial charge on any atom is 0.106 e. The number of hydrogen-bond donors (Lipinski definition) is 0. The lowest BCUT2D eigenvalue weighted by Gasteiger charge is -2.16. The summed E-state index contributed by atoms with van der Waals surface area (Å²) in [6.07, 6.45) is 9.39. The predicted octanol–water partition coefficient (Wildman–Crippen LogP) is 2.71. The van der Waals surface area contributed by atoms with Gasteiger partial charge in [0, 0.05) is 0 Å². The van der Waals surface area contributed by atoms with Crippen LogP contribution in [0.25, 0.3) is 0 Å². The summed E-state index contributed by atoms with van der Waals surface area (Å²) in [6.45, 7) is 5.04. The first kappa shape index (κ1) is 8.38. The summed E-state index contributed by atoms with van der Waals surface area (Å²) < 4.78 is 5.07. The lowest BCUT2D eigenvalue weighted by Crippen LogP contribution is -2.04. The maximum absolute atomic E-state index is 5.07. The Balaban J connectivity index is 2.56. The van der Waals surface area contributed by atoms with Gasteiger partial charge in [-0.05, 0) is 36.5 Å². The molecule has 61 valence electrons. The van der Waals surface area contributed by atoms with E-state index < -0.39 is 0 Å². The summed E-state index contributed by atoms with van der Waals surface area (Å²) in [6, 6.07) is 0. The molecule has 0 bridgehead atoms. The Bertz CT molecular complexity index is 164. The van der Waals surface area contributed by atoms with Gasteiger partial charge in [-0.3, -0.25) is 0 Å². The molecular formula is C10H15O. The first-order valence-corrected chi connectivity index (χ1v) is 4.16. The molecule has 0 N–H and O–H groups in total. The van der Waals surface area contributed by atoms with E-state index in [0.29, 0.717) is 5.92 Å². The van der Waals surface area contributed by atoms with Crippen LogP contribution in [0.1, 0.15) is 20.3 Å². The van der Waals surface area contributed by atoms with Gasteiger partial charge >= 0.3 is 0 Å². The van der Waals surface area contributed by atoms with Gasteiger partial charge in [-0.2, -0.15) is 0 Å². The topological polar surface area (TPSA) is 9.23 Å². The summed E-state index contributed by atoms with van der Waals surface area (Å²) in [4.78, 5) is 0. The molecule has 1 atom stereocenters. The molecule has 0 aromatic carbocycles. The van der Waals surface area contributed by atoms with Crippen molar-refractivity contribution < 1.29 is 4.74 Å². The molecule has 1 nitrogen and oxygen atoms in total. The van der Waals surface area contributed by atoms with Crippen LogP contribution in [-0.2, 0) is 4.74 Å². The third kappa shape index (κ3) is 2.11. The Kier molecular flexibility index (Phi) is 3.21. The number of rotatable bonds is 3. The van der Waals surface area contributed by atoms with Crippen LogP contribution >= 0.6 is 0 Å². The Morgan fingerprint density at radius 3 is 3.00 bits per heavy atom. The number of ether oxygens (including phenoxy) is 1. The van der Waals surface area contributed by atoms with E-state index in [1.807, 2.05) is 0 Å². The second kappa shape index (κ2) is 4.22. The van der Waals surface area contributed by atoms with Gasteiger partial charge in [-0.25, -0.2) is 0 Å². The van der Waals surface area contributed by atoms with Crippen LogP contribution < -0.4 is 0 Å². The molecule has 1 radical (unpaired) electrons. The molecule has 1 rings (SSSR count). The van der Waals surface area contributed by atoms with E-state index in [1.54, 1.807) is 6.26 Å². The van der Waals surface area contributed by atoms with Crippen LogP contribution in [0.2, 0.25) is 0 Å². The molecule has 0 saturated carbocycles. The zero-order valence-corrected chi connectivity index (χ0v) is 7.21. The van der Waals surface area contributed by atoms with Crippen molar-refractivity contribution in [1.29, 1.82) is 0 Å². The summed E-state index contributed by atoms with van der Waals surface area (Å²) in [5, 5.41) is 0. The van der Waals surface area contributed by atoms with Gasteiger partial charge in [-0.1, -0.05) is 13.8 Å². The van der Waals surface area contributed by atoms with Gasteiger partial charge < -0.3 is 4.74 Å². The highest BCUT2D eigenvalue weighted by Crippen LogP contribution is 2.20. The molecule has 1 heteroatoms. The van der Waals surface area contributed by atoms with Crippen LogP contribution in [0.3, 0.4) is 0 Å². The third-order valence-electron chi connectivity index (χ3n) is 2.04. The fraction of sp³-hybridized carbons (Fsp3) is 0.500. The average Bonchev–Trinajstić information content (AvgIpc) is 2.09. The number of allylic oxidation sites excluding steroid dienone is 2. The number of hydrogen-bond acceptors (Lipinski definition) is 1. The minimum absolute atomic E-state index is 0.607. The van der Waals surface area contributed by atoms with Gasteiger partial charge in [0.1, 0.15) is 6.61 Å². The standard InChI is InChI=1S/C10H15O/c1-3-9(4-2)10-5-7-11-8-6-10/h3,5-7,9H,4,8H2,1-2H3. The second-order valence-corrected chi connectivity index (χ2v) is 2.69. The fourth-order valence-corrected chi connectivity index (χ4v) is 1.33. The highest BCUT2D eigenvalue weighted by atomic mass is 16.5. The Morgan fingerprint density at radius 1 is 1.73 bits per heavy atom. The molecule has 0 saturated heterocycles. The van der Waals surface area contributed by atoms with Crippen molar-refractivity contribution in [3.8, 4) is 0 Å². The van der Waals surface area contributed by atoms with Crippen LogP contribution in [0, 0.1) is 12.3 Å². The van der Waals surface area contributed by atoms with Crippen molar-refractivity contribution >= 4 is 0 Å². The van der Waals surface area contributed by atoms with Crippen LogP contribution in [0.15, 0.2) is 24.0 Å². The minimum atomic E-state index is 0.607. The zero-order chi connectivity index (χ0) is 8.10. The minimum Gasteiger partial charge on any atom is -0.497 e. The Morgan fingerprint density at radius 2 is 2.55 bits per heavy atom. The van der Waals surface area contributed by atoms with Crippen molar-refractivity contribution in [3.05, 3.63) is 30.4 Å². The van der Waals surface area contributed by atoms with Crippen LogP contribution in [-0.4, -0.2) is 6.61 Å². The molecule has 0 fully saturated rings. The van der Waals surface area contributed by atoms with Crippen LogP contribution in [0.4, 0.5) is 0 Å². The van der Waals surface area contributed by atoms with E-state index in [2.05, 4.69) is 32.4 Å². The smallest absolute Gasteiger partial charge is 0.106 e. The van der Waals surface area contributed by atoms with E-state index in [4.69, 9.17) is 4.74 Å². The van der Waals surface area contributed by atoms with Crippen LogP contribution in [0.5, 0.6) is 0 Å². The summed E-state index contributed by atoms with van der Waals surface area (Å²) >= 11 is 0. The Labute approximate surface area is 68.8 Å². The highest BCUT2D eigenvalue weighted by Gasteiger charge is 2.08. The van der Waals surface area contributed by atoms with Gasteiger partial charge in [0.15, 0.2) is 0 Å². The molecular weight excluding hydrogens is 136 g/mol. The Hall–Kier alpha value is -0.720. The van der Waals surface area contributed by atoms with Crippen molar-refractivity contribution in [1.82, 2.24) is 0 Å². The normalized spacial score (nSPS) is 16.5. The zero-order valence-electron chi connectivity index (χ0n) is 7.21. The first-order chi connectivity index (χ1) is 5.38. The molecule has 0 aromatic rings. The van der Waals surface area contributed by atoms with E-state index in [0.717, 1.165) is 6.61 Å². The molecule has 11 heavy (non-hydrogen) atoms. The van der Waals surface area contributed by atoms with E-state index >= 15 is 0 Å². The molecule has 1 unspecified atom stereocenters. The largest absolute Gasteiger partial charge is 0.497 e.